The van der Waals surface area contributed by atoms with Crippen LogP contribution in [0.3, 0.4) is 0 Å². The molecule has 3 rings (SSSR count). The van der Waals surface area contributed by atoms with Crippen molar-refractivity contribution in [2.75, 3.05) is 18.2 Å². The fourth-order valence-corrected chi connectivity index (χ4v) is 3.72. The molecule has 1 aromatic carbocycles. The van der Waals surface area contributed by atoms with Gasteiger partial charge in [-0.2, -0.15) is 17.6 Å². The summed E-state index contributed by atoms with van der Waals surface area (Å²) in [5, 5.41) is 11.7. The smallest absolute Gasteiger partial charge is 0.444 e. The number of hydrogen-bond acceptors (Lipinski definition) is 8. The molecule has 0 saturated heterocycles. The van der Waals surface area contributed by atoms with Crippen molar-refractivity contribution in [2.24, 2.45) is 0 Å². The molecule has 33 heavy (non-hydrogen) atoms. The van der Waals surface area contributed by atoms with Crippen LogP contribution in [-0.4, -0.2) is 52.9 Å². The van der Waals surface area contributed by atoms with Gasteiger partial charge in [0.2, 0.25) is 11.8 Å². The first-order chi connectivity index (χ1) is 15.2. The maximum atomic E-state index is 14.3. The molecule has 1 unspecified atom stereocenters. The average Bonchev–Trinajstić information content (AvgIpc) is 3.13. The van der Waals surface area contributed by atoms with E-state index in [1.54, 1.807) is 26.8 Å². The van der Waals surface area contributed by atoms with Gasteiger partial charge in [-0.15, -0.1) is 22.0 Å². The summed E-state index contributed by atoms with van der Waals surface area (Å²) in [6.45, 7) is 5.05. The average molecular weight is 492 g/mol. The number of thioether (sulfide) groups is 1. The minimum Gasteiger partial charge on any atom is -0.444 e. The van der Waals surface area contributed by atoms with E-state index in [4.69, 9.17) is 9.15 Å². The second-order valence-electron chi connectivity index (χ2n) is 7.92. The van der Waals surface area contributed by atoms with Crippen molar-refractivity contribution in [1.82, 2.24) is 15.5 Å². The summed E-state index contributed by atoms with van der Waals surface area (Å²) < 4.78 is 67.3. The number of amides is 2. The molecule has 2 amide bonds. The lowest BCUT2D eigenvalue weighted by atomic mass is 10.2. The number of hydrogen-bond donors (Lipinski definition) is 2. The molecule has 180 valence electrons. The van der Waals surface area contributed by atoms with Crippen molar-refractivity contribution >= 4 is 29.4 Å². The summed E-state index contributed by atoms with van der Waals surface area (Å²) in [5.41, 5.74) is -0.317. The first kappa shape index (κ1) is 24.8. The van der Waals surface area contributed by atoms with Crippen molar-refractivity contribution in [3.8, 4) is 11.5 Å². The monoisotopic (exact) mass is 492 g/mol. The highest BCUT2D eigenvalue weighted by Crippen LogP contribution is 2.43. The minimum atomic E-state index is -5.44. The molecule has 0 saturated carbocycles. The molecule has 0 spiro atoms. The van der Waals surface area contributed by atoms with Crippen LogP contribution in [-0.2, 0) is 20.1 Å². The lowest BCUT2D eigenvalue weighted by Crippen LogP contribution is -2.46. The van der Waals surface area contributed by atoms with Gasteiger partial charge in [-0.05, 0) is 39.0 Å². The van der Waals surface area contributed by atoms with Crippen molar-refractivity contribution in [2.45, 2.75) is 49.3 Å². The van der Waals surface area contributed by atoms with Crippen molar-refractivity contribution in [1.29, 1.82) is 0 Å². The number of anilines is 1. The highest BCUT2D eigenvalue weighted by atomic mass is 32.2. The van der Waals surface area contributed by atoms with Gasteiger partial charge in [0.1, 0.15) is 11.6 Å². The Kier molecular flexibility index (Phi) is 6.62. The summed E-state index contributed by atoms with van der Waals surface area (Å²) in [6, 6.07) is 3.50. The zero-order valence-electron chi connectivity index (χ0n) is 17.9. The zero-order chi connectivity index (χ0) is 24.6. The van der Waals surface area contributed by atoms with Gasteiger partial charge in [-0.25, -0.2) is 4.79 Å². The van der Waals surface area contributed by atoms with Crippen LogP contribution in [0.15, 0.2) is 27.5 Å². The highest BCUT2D eigenvalue weighted by molar-refractivity contribution is 7.99. The fourth-order valence-electron chi connectivity index (χ4n) is 2.71. The van der Waals surface area contributed by atoms with Crippen molar-refractivity contribution < 1.29 is 41.0 Å². The van der Waals surface area contributed by atoms with E-state index < -0.39 is 47.5 Å². The number of ether oxygens (including phenoxy) is 2. The Balaban J connectivity index is 1.80. The second kappa shape index (κ2) is 8.82. The van der Waals surface area contributed by atoms with Gasteiger partial charge in [0.05, 0.1) is 5.69 Å². The quantitative estimate of drug-likeness (QED) is 0.616. The molecule has 9 nitrogen and oxygen atoms in total. The van der Waals surface area contributed by atoms with E-state index in [1.165, 1.54) is 23.9 Å². The Hall–Kier alpha value is -2.87. The third kappa shape index (κ3) is 5.38. The third-order valence-electron chi connectivity index (χ3n) is 4.24. The van der Waals surface area contributed by atoms with Crippen LogP contribution in [0.25, 0.3) is 11.5 Å². The Morgan fingerprint density at radius 1 is 1.24 bits per heavy atom. The molecule has 2 atom stereocenters. The molecule has 1 aromatic heterocycles. The summed E-state index contributed by atoms with van der Waals surface area (Å²) in [5.74, 6) is -6.43. The normalized spacial score (nSPS) is 18.5. The number of fused-ring (bicyclic) bond motifs is 1. The molecule has 2 heterocycles. The minimum absolute atomic E-state index is 0.132. The summed E-state index contributed by atoms with van der Waals surface area (Å²) in [4.78, 5) is 25.2. The molecular formula is C19H20F4N4O5S. The van der Waals surface area contributed by atoms with E-state index in [0.717, 1.165) is 0 Å². The van der Waals surface area contributed by atoms with Crippen molar-refractivity contribution in [3.63, 3.8) is 0 Å². The Bertz CT molecular complexity index is 1060. The van der Waals surface area contributed by atoms with E-state index >= 15 is 0 Å². The van der Waals surface area contributed by atoms with Crippen LogP contribution >= 0.6 is 11.8 Å². The molecule has 2 N–H and O–H groups in total. The van der Waals surface area contributed by atoms with Gasteiger partial charge >= 0.3 is 18.1 Å². The van der Waals surface area contributed by atoms with Gasteiger partial charge in [0, 0.05) is 23.3 Å². The van der Waals surface area contributed by atoms with E-state index in [2.05, 4.69) is 25.6 Å². The topological polar surface area (TPSA) is 116 Å². The Morgan fingerprint density at radius 3 is 2.55 bits per heavy atom. The predicted molar refractivity (Wildman–Crippen MR) is 108 cm³/mol. The third-order valence-corrected chi connectivity index (χ3v) is 5.41. The van der Waals surface area contributed by atoms with E-state index in [0.29, 0.717) is 17.7 Å². The van der Waals surface area contributed by atoms with Crippen LogP contribution < -0.4 is 10.6 Å². The summed E-state index contributed by atoms with van der Waals surface area (Å²) in [6.07, 6.45) is -6.20. The number of nitrogens with one attached hydrogen (secondary N) is 2. The molecular weight excluding hydrogens is 472 g/mol. The molecule has 0 fully saturated rings. The number of carbonyl (C=O) groups is 2. The van der Waals surface area contributed by atoms with Crippen LogP contribution in [0.1, 0.15) is 26.7 Å². The van der Waals surface area contributed by atoms with Crippen LogP contribution in [0.2, 0.25) is 0 Å². The van der Waals surface area contributed by atoms with E-state index in [1.807, 2.05) is 0 Å². The number of halogens is 4. The number of alkyl halides is 4. The van der Waals surface area contributed by atoms with Crippen LogP contribution in [0, 0.1) is 0 Å². The molecule has 0 bridgehead atoms. The standard InChI is InChI=1S/C19H20F4N4O5S/c1-17(2,3)32-16(29)25-11-8-33-12-6-5-9(7-10(12)24-13(11)28)14-26-27-15(31-14)18(20,30-4)19(21,22)23/h5-7,11H,8H2,1-4H3,(H,24,28)(H,25,29)/t11-,18?/m0/s1. The number of rotatable bonds is 4. The largest absolute Gasteiger partial charge is 0.458 e. The molecule has 0 radical (unpaired) electrons. The van der Waals surface area contributed by atoms with Crippen molar-refractivity contribution in [3.05, 3.63) is 24.1 Å². The summed E-state index contributed by atoms with van der Waals surface area (Å²) in [7, 11) is 0.522. The Labute approximate surface area is 189 Å². The number of aromatic nitrogens is 2. The van der Waals surface area contributed by atoms with Gasteiger partial charge in [0.25, 0.3) is 5.89 Å². The lowest BCUT2D eigenvalue weighted by molar-refractivity contribution is -0.341. The number of carbonyl (C=O) groups excluding carboxylic acids is 2. The van der Waals surface area contributed by atoms with E-state index in [9.17, 15) is 27.2 Å². The number of nitrogens with zero attached hydrogens (tertiary/aromatic N) is 2. The van der Waals surface area contributed by atoms with Gasteiger partial charge < -0.3 is 24.5 Å². The SMILES string of the molecule is COC(F)(c1nnc(-c2ccc3c(c2)NC(=O)[C@@H](NC(=O)OC(C)(C)C)CS3)o1)C(F)(F)F. The van der Waals surface area contributed by atoms with Gasteiger partial charge in [0.15, 0.2) is 0 Å². The molecule has 1 aliphatic rings. The maximum Gasteiger partial charge on any atom is 0.458 e. The second-order valence-corrected chi connectivity index (χ2v) is 8.98. The Morgan fingerprint density at radius 2 is 1.94 bits per heavy atom. The summed E-state index contributed by atoms with van der Waals surface area (Å²) >= 11 is 1.25. The number of alkyl carbamates (subject to hydrolysis) is 1. The van der Waals surface area contributed by atoms with Gasteiger partial charge in [-0.3, -0.25) is 4.79 Å². The molecule has 14 heteroatoms. The van der Waals surface area contributed by atoms with E-state index in [-0.39, 0.29) is 11.3 Å². The fraction of sp³-hybridized carbons (Fsp3) is 0.474. The molecule has 0 aliphatic carbocycles. The maximum absolute atomic E-state index is 14.3. The molecule has 1 aliphatic heterocycles. The first-order valence-electron chi connectivity index (χ1n) is 9.46. The molecule has 2 aromatic rings. The predicted octanol–water partition coefficient (Wildman–Crippen LogP) is 4.01. The number of benzene rings is 1. The first-order valence-corrected chi connectivity index (χ1v) is 10.4. The van der Waals surface area contributed by atoms with Crippen LogP contribution in [0.5, 0.6) is 0 Å². The zero-order valence-corrected chi connectivity index (χ0v) is 18.7. The number of methoxy groups -OCH3 is 1. The highest BCUT2D eigenvalue weighted by Gasteiger charge is 2.62. The lowest BCUT2D eigenvalue weighted by Gasteiger charge is -2.22. The van der Waals surface area contributed by atoms with Gasteiger partial charge in [-0.1, -0.05) is 0 Å². The van der Waals surface area contributed by atoms with Crippen LogP contribution in [0.4, 0.5) is 28.0 Å².